The van der Waals surface area contributed by atoms with Crippen LogP contribution in [0, 0.1) is 0 Å². The first kappa shape index (κ1) is 19.9. The largest absolute Gasteiger partial charge is 0.357 e. The van der Waals surface area contributed by atoms with E-state index in [2.05, 4.69) is 46.2 Å². The smallest absolute Gasteiger partial charge is 0.191 e. The van der Waals surface area contributed by atoms with E-state index in [0.29, 0.717) is 12.1 Å². The molecule has 0 radical (unpaired) electrons. The number of nitrogens with zero attached hydrogens (tertiary/aromatic N) is 4. The Hall–Kier alpha value is -0.850. The first-order valence-corrected chi connectivity index (χ1v) is 10.9. The monoisotopic (exact) mass is 364 g/mol. The summed E-state index contributed by atoms with van der Waals surface area (Å²) >= 11 is 0. The van der Waals surface area contributed by atoms with Crippen LogP contribution in [0.15, 0.2) is 4.99 Å². The summed E-state index contributed by atoms with van der Waals surface area (Å²) in [4.78, 5) is 12.6. The molecule has 1 saturated carbocycles. The third-order valence-corrected chi connectivity index (χ3v) is 6.42. The molecule has 0 aromatic heterocycles. The van der Waals surface area contributed by atoms with Gasteiger partial charge in [-0.25, -0.2) is 0 Å². The van der Waals surface area contributed by atoms with E-state index in [0.717, 1.165) is 38.2 Å². The molecule has 0 aromatic rings. The van der Waals surface area contributed by atoms with Crippen molar-refractivity contribution in [2.24, 2.45) is 4.99 Å². The minimum atomic E-state index is 0.512. The molecular formula is C20H40N6. The van der Waals surface area contributed by atoms with Crippen LogP contribution in [-0.2, 0) is 0 Å². The maximum Gasteiger partial charge on any atom is 0.191 e. The van der Waals surface area contributed by atoms with Crippen LogP contribution < -0.4 is 10.6 Å². The third-order valence-electron chi connectivity index (χ3n) is 6.42. The van der Waals surface area contributed by atoms with Gasteiger partial charge in [-0.2, -0.15) is 0 Å². The summed E-state index contributed by atoms with van der Waals surface area (Å²) < 4.78 is 0. The highest BCUT2D eigenvalue weighted by Gasteiger charge is 2.30. The molecule has 3 fully saturated rings. The Morgan fingerprint density at radius 3 is 2.50 bits per heavy atom. The normalized spacial score (nSPS) is 28.6. The van der Waals surface area contributed by atoms with Gasteiger partial charge in [-0.3, -0.25) is 14.8 Å². The van der Waals surface area contributed by atoms with Gasteiger partial charge in [-0.1, -0.05) is 12.8 Å². The minimum absolute atomic E-state index is 0.512. The van der Waals surface area contributed by atoms with Gasteiger partial charge in [0.25, 0.3) is 0 Å². The molecule has 26 heavy (non-hydrogen) atoms. The van der Waals surface area contributed by atoms with Gasteiger partial charge in [0, 0.05) is 63.9 Å². The number of likely N-dealkylation sites (tertiary alicyclic amines) is 1. The number of piperazine rings is 1. The molecule has 0 aromatic carbocycles. The number of rotatable bonds is 6. The number of likely N-dealkylation sites (N-methyl/N-ethyl adjacent to an activating group) is 1. The highest BCUT2D eigenvalue weighted by molar-refractivity contribution is 5.80. The van der Waals surface area contributed by atoms with Crippen molar-refractivity contribution in [1.29, 1.82) is 0 Å². The van der Waals surface area contributed by atoms with Crippen molar-refractivity contribution in [2.75, 3.05) is 59.4 Å². The van der Waals surface area contributed by atoms with E-state index >= 15 is 0 Å². The lowest BCUT2D eigenvalue weighted by molar-refractivity contribution is 0.122. The Balaban J connectivity index is 1.46. The standard InChI is InChI=1S/C20H40N6/c1-4-21-20(22-15-17(2)25-13-11-24(3)12-14-25)23-18-9-10-26(16-18)19-7-5-6-8-19/h17-19H,4-16H2,1-3H3,(H2,21,22,23). The summed E-state index contributed by atoms with van der Waals surface area (Å²) in [5.74, 6) is 1.01. The molecule has 2 unspecified atom stereocenters. The molecule has 0 spiro atoms. The number of guanidine groups is 1. The predicted octanol–water partition coefficient (Wildman–Crippen LogP) is 1.19. The van der Waals surface area contributed by atoms with E-state index in [4.69, 9.17) is 4.99 Å². The van der Waals surface area contributed by atoms with E-state index in [-0.39, 0.29) is 0 Å². The maximum atomic E-state index is 4.91. The molecule has 2 N–H and O–H groups in total. The van der Waals surface area contributed by atoms with Crippen LogP contribution in [0.4, 0.5) is 0 Å². The van der Waals surface area contributed by atoms with Gasteiger partial charge in [-0.15, -0.1) is 0 Å². The summed E-state index contributed by atoms with van der Waals surface area (Å²) in [6.07, 6.45) is 6.91. The van der Waals surface area contributed by atoms with E-state index in [1.807, 2.05) is 0 Å². The summed E-state index contributed by atoms with van der Waals surface area (Å²) in [6.45, 7) is 13.4. The highest BCUT2D eigenvalue weighted by Crippen LogP contribution is 2.26. The SMILES string of the molecule is CCNC(=NCC(C)N1CCN(C)CC1)NC1CCN(C2CCCC2)C1. The minimum Gasteiger partial charge on any atom is -0.357 e. The summed E-state index contributed by atoms with van der Waals surface area (Å²) in [7, 11) is 2.21. The van der Waals surface area contributed by atoms with E-state index in [9.17, 15) is 0 Å². The molecule has 6 nitrogen and oxygen atoms in total. The maximum absolute atomic E-state index is 4.91. The molecule has 2 heterocycles. The molecule has 1 aliphatic carbocycles. The fourth-order valence-corrected chi connectivity index (χ4v) is 4.62. The van der Waals surface area contributed by atoms with Crippen molar-refractivity contribution in [3.8, 4) is 0 Å². The van der Waals surface area contributed by atoms with Gasteiger partial charge in [0.05, 0.1) is 6.54 Å². The number of aliphatic imine (C=N–C) groups is 1. The first-order valence-electron chi connectivity index (χ1n) is 10.9. The van der Waals surface area contributed by atoms with Crippen LogP contribution in [0.1, 0.15) is 46.0 Å². The quantitative estimate of drug-likeness (QED) is 0.548. The number of hydrogen-bond donors (Lipinski definition) is 2. The highest BCUT2D eigenvalue weighted by atomic mass is 15.3. The van der Waals surface area contributed by atoms with Crippen LogP contribution in [0.3, 0.4) is 0 Å². The summed E-state index contributed by atoms with van der Waals surface area (Å²) in [6, 6.07) is 1.91. The van der Waals surface area contributed by atoms with Crippen molar-refractivity contribution in [1.82, 2.24) is 25.3 Å². The van der Waals surface area contributed by atoms with Crippen LogP contribution in [0.2, 0.25) is 0 Å². The van der Waals surface area contributed by atoms with Crippen molar-refractivity contribution < 1.29 is 0 Å². The van der Waals surface area contributed by atoms with Crippen LogP contribution >= 0.6 is 0 Å². The summed E-state index contributed by atoms with van der Waals surface area (Å²) in [5.41, 5.74) is 0. The Labute approximate surface area is 160 Å². The molecule has 3 rings (SSSR count). The second-order valence-electron chi connectivity index (χ2n) is 8.47. The molecule has 2 atom stereocenters. The van der Waals surface area contributed by atoms with Gasteiger partial charge in [0.2, 0.25) is 0 Å². The number of hydrogen-bond acceptors (Lipinski definition) is 4. The molecular weight excluding hydrogens is 324 g/mol. The lowest BCUT2D eigenvalue weighted by atomic mass is 10.2. The van der Waals surface area contributed by atoms with Gasteiger partial charge >= 0.3 is 0 Å². The molecule has 6 heteroatoms. The lowest BCUT2D eigenvalue weighted by Crippen LogP contribution is -2.49. The van der Waals surface area contributed by atoms with Crippen molar-refractivity contribution in [3.05, 3.63) is 0 Å². The topological polar surface area (TPSA) is 46.1 Å². The van der Waals surface area contributed by atoms with E-state index < -0.39 is 0 Å². The zero-order valence-electron chi connectivity index (χ0n) is 17.2. The Morgan fingerprint density at radius 1 is 1.08 bits per heavy atom. The van der Waals surface area contributed by atoms with Crippen LogP contribution in [0.5, 0.6) is 0 Å². The second-order valence-corrected chi connectivity index (χ2v) is 8.47. The van der Waals surface area contributed by atoms with Crippen molar-refractivity contribution in [3.63, 3.8) is 0 Å². The molecule has 0 bridgehead atoms. The summed E-state index contributed by atoms with van der Waals surface area (Å²) in [5, 5.41) is 7.16. The average Bonchev–Trinajstić information content (AvgIpc) is 3.32. The fourth-order valence-electron chi connectivity index (χ4n) is 4.62. The van der Waals surface area contributed by atoms with Gasteiger partial charge < -0.3 is 15.5 Å². The second kappa shape index (κ2) is 9.90. The Bertz CT molecular complexity index is 440. The zero-order valence-corrected chi connectivity index (χ0v) is 17.2. The molecule has 2 aliphatic heterocycles. The van der Waals surface area contributed by atoms with Crippen LogP contribution in [-0.4, -0.2) is 98.2 Å². The third kappa shape index (κ3) is 5.57. The zero-order chi connectivity index (χ0) is 18.4. The van der Waals surface area contributed by atoms with Crippen molar-refractivity contribution >= 4 is 5.96 Å². The Kier molecular flexibility index (Phi) is 7.58. The average molecular weight is 365 g/mol. The van der Waals surface area contributed by atoms with Crippen molar-refractivity contribution in [2.45, 2.75) is 64.1 Å². The molecule has 150 valence electrons. The molecule has 0 amide bonds. The lowest BCUT2D eigenvalue weighted by Gasteiger charge is -2.36. The Morgan fingerprint density at radius 2 is 1.81 bits per heavy atom. The van der Waals surface area contributed by atoms with E-state index in [1.165, 1.54) is 58.3 Å². The van der Waals surface area contributed by atoms with Crippen LogP contribution in [0.25, 0.3) is 0 Å². The number of nitrogens with one attached hydrogen (secondary N) is 2. The molecule has 3 aliphatic rings. The van der Waals surface area contributed by atoms with Gasteiger partial charge in [0.15, 0.2) is 5.96 Å². The van der Waals surface area contributed by atoms with E-state index in [1.54, 1.807) is 0 Å². The predicted molar refractivity (Wildman–Crippen MR) is 110 cm³/mol. The molecule has 2 saturated heterocycles. The first-order chi connectivity index (χ1) is 12.7. The fraction of sp³-hybridized carbons (Fsp3) is 0.950. The van der Waals surface area contributed by atoms with Gasteiger partial charge in [0.1, 0.15) is 0 Å². The van der Waals surface area contributed by atoms with Gasteiger partial charge in [-0.05, 0) is 40.2 Å².